The number of imide groups is 1. The molecule has 0 spiro atoms. The van der Waals surface area contributed by atoms with Gasteiger partial charge in [0, 0.05) is 36.6 Å². The Bertz CT molecular complexity index is 1630. The number of benzene rings is 3. The average molecular weight is 745 g/mol. The predicted molar refractivity (Wildman–Crippen MR) is 179 cm³/mol. The third-order valence-corrected chi connectivity index (χ3v) is 8.57. The average Bonchev–Trinajstić information content (AvgIpc) is 3.28. The Morgan fingerprint density at radius 1 is 1.09 bits per heavy atom. The zero-order valence-corrected chi connectivity index (χ0v) is 27.2. The number of nitro benzene ring substituents is 1. The molecule has 3 amide bonds. The summed E-state index contributed by atoms with van der Waals surface area (Å²) >= 11 is 2.86. The first-order chi connectivity index (χ1) is 21.7. The molecule has 2 fully saturated rings. The van der Waals surface area contributed by atoms with Crippen LogP contribution in [0.2, 0.25) is 0 Å². The fourth-order valence-corrected chi connectivity index (χ4v) is 6.27. The summed E-state index contributed by atoms with van der Waals surface area (Å²) in [5, 5.41) is 13.1. The van der Waals surface area contributed by atoms with E-state index in [-0.39, 0.29) is 17.2 Å². The van der Waals surface area contributed by atoms with E-state index < -0.39 is 28.5 Å². The van der Waals surface area contributed by atoms with E-state index in [4.69, 9.17) is 14.2 Å². The molecule has 0 aliphatic carbocycles. The van der Waals surface area contributed by atoms with E-state index in [2.05, 4.69) is 32.8 Å². The topological polar surface area (TPSA) is 141 Å². The lowest BCUT2D eigenvalue weighted by atomic mass is 10.1. The van der Waals surface area contributed by atoms with Crippen LogP contribution in [-0.4, -0.2) is 66.3 Å². The molecule has 2 saturated heterocycles. The first kappa shape index (κ1) is 32.2. The minimum atomic E-state index is -0.561. The third-order valence-electron chi connectivity index (χ3n) is 6.86. The molecule has 0 saturated carbocycles. The Morgan fingerprint density at radius 3 is 2.47 bits per heavy atom. The molecular formula is C31H29IN4O8S. The van der Waals surface area contributed by atoms with Crippen LogP contribution in [0.5, 0.6) is 11.5 Å². The fourth-order valence-electron chi connectivity index (χ4n) is 4.65. The van der Waals surface area contributed by atoms with Gasteiger partial charge in [0.25, 0.3) is 16.8 Å². The molecule has 2 aliphatic heterocycles. The van der Waals surface area contributed by atoms with Crippen LogP contribution in [0.4, 0.5) is 21.9 Å². The van der Waals surface area contributed by atoms with Crippen LogP contribution in [0.1, 0.15) is 18.1 Å². The highest BCUT2D eigenvalue weighted by Crippen LogP contribution is 2.38. The monoisotopic (exact) mass is 744 g/mol. The summed E-state index contributed by atoms with van der Waals surface area (Å²) in [6, 6.07) is 17.0. The minimum Gasteiger partial charge on any atom is -0.490 e. The van der Waals surface area contributed by atoms with E-state index in [0.717, 1.165) is 41.0 Å². The Balaban J connectivity index is 1.23. The molecule has 2 heterocycles. The molecular weight excluding hydrogens is 715 g/mol. The van der Waals surface area contributed by atoms with E-state index in [0.29, 0.717) is 46.1 Å². The standard InChI is InChI=1S/C31H29IN4O8S/c1-2-43-26-16-21(15-25(32)29(26)44-19-20-3-7-24(8-4-20)36(40)41)17-27-30(38)35(31(39)45-27)18-28(37)33-22-5-9-23(10-6-22)34-11-13-42-14-12-34/h3-10,15-17H,2,11-14,18-19H2,1H3,(H,33,37)/b27-17+. The lowest BCUT2D eigenvalue weighted by Crippen LogP contribution is -2.36. The Kier molecular flexibility index (Phi) is 10.6. The van der Waals surface area contributed by atoms with Gasteiger partial charge >= 0.3 is 0 Å². The number of nitrogens with one attached hydrogen (secondary N) is 1. The number of nitrogens with zero attached hydrogens (tertiary/aromatic N) is 3. The summed E-state index contributed by atoms with van der Waals surface area (Å²) < 4.78 is 17.9. The van der Waals surface area contributed by atoms with Crippen molar-refractivity contribution in [2.45, 2.75) is 13.5 Å². The second-order valence-corrected chi connectivity index (χ2v) is 12.1. The van der Waals surface area contributed by atoms with Gasteiger partial charge in [0.05, 0.1) is 33.2 Å². The van der Waals surface area contributed by atoms with Gasteiger partial charge in [-0.25, -0.2) is 0 Å². The number of rotatable bonds is 11. The maximum absolute atomic E-state index is 13.1. The Labute approximate surface area is 277 Å². The molecule has 3 aromatic carbocycles. The van der Waals surface area contributed by atoms with E-state index in [1.807, 2.05) is 19.1 Å². The predicted octanol–water partition coefficient (Wildman–Crippen LogP) is 5.69. The van der Waals surface area contributed by atoms with Crippen molar-refractivity contribution in [3.05, 3.63) is 90.4 Å². The van der Waals surface area contributed by atoms with Gasteiger partial charge in [0.2, 0.25) is 5.91 Å². The number of ether oxygens (including phenoxy) is 3. The molecule has 0 radical (unpaired) electrons. The molecule has 0 unspecified atom stereocenters. The maximum Gasteiger partial charge on any atom is 0.294 e. The number of thioether (sulfide) groups is 1. The number of carbonyl (C=O) groups is 3. The van der Waals surface area contributed by atoms with Crippen LogP contribution in [-0.2, 0) is 20.9 Å². The Hall–Kier alpha value is -4.15. The van der Waals surface area contributed by atoms with Gasteiger partial charge in [-0.05, 0) is 107 Å². The molecule has 2 aliphatic rings. The number of anilines is 2. The molecule has 0 bridgehead atoms. The second kappa shape index (κ2) is 14.8. The molecule has 1 N–H and O–H groups in total. The molecule has 234 valence electrons. The van der Waals surface area contributed by atoms with Gasteiger partial charge in [-0.15, -0.1) is 0 Å². The highest BCUT2D eigenvalue weighted by Gasteiger charge is 2.36. The summed E-state index contributed by atoms with van der Waals surface area (Å²) in [6.45, 7) is 4.87. The van der Waals surface area contributed by atoms with Crippen molar-refractivity contribution < 1.29 is 33.5 Å². The molecule has 14 heteroatoms. The number of nitro groups is 1. The quantitative estimate of drug-likeness (QED) is 0.113. The fraction of sp³-hybridized carbons (Fsp3) is 0.258. The highest BCUT2D eigenvalue weighted by atomic mass is 127. The maximum atomic E-state index is 13.1. The number of halogens is 1. The normalized spacial score (nSPS) is 15.8. The summed E-state index contributed by atoms with van der Waals surface area (Å²) in [4.78, 5) is 52.3. The van der Waals surface area contributed by atoms with E-state index in [1.165, 1.54) is 12.1 Å². The van der Waals surface area contributed by atoms with Crippen LogP contribution in [0.3, 0.4) is 0 Å². The zero-order chi connectivity index (χ0) is 31.9. The molecule has 5 rings (SSSR count). The van der Waals surface area contributed by atoms with Gasteiger partial charge in [-0.1, -0.05) is 0 Å². The summed E-state index contributed by atoms with van der Waals surface area (Å²) in [5.74, 6) is -0.124. The number of amides is 3. The Morgan fingerprint density at radius 2 is 1.80 bits per heavy atom. The lowest BCUT2D eigenvalue weighted by molar-refractivity contribution is -0.384. The molecule has 45 heavy (non-hydrogen) atoms. The molecule has 0 atom stereocenters. The smallest absolute Gasteiger partial charge is 0.294 e. The van der Waals surface area contributed by atoms with Gasteiger partial charge in [-0.2, -0.15) is 0 Å². The largest absolute Gasteiger partial charge is 0.490 e. The number of carbonyl (C=O) groups excluding carboxylic acids is 3. The van der Waals surface area contributed by atoms with Crippen LogP contribution in [0.25, 0.3) is 6.08 Å². The van der Waals surface area contributed by atoms with Gasteiger partial charge < -0.3 is 24.4 Å². The van der Waals surface area contributed by atoms with Crippen molar-refractivity contribution in [2.24, 2.45) is 0 Å². The zero-order valence-electron chi connectivity index (χ0n) is 24.2. The third kappa shape index (κ3) is 8.12. The minimum absolute atomic E-state index is 0.00728. The highest BCUT2D eigenvalue weighted by molar-refractivity contribution is 14.1. The van der Waals surface area contributed by atoms with Crippen LogP contribution in [0.15, 0.2) is 65.6 Å². The van der Waals surface area contributed by atoms with Gasteiger partial charge in [0.1, 0.15) is 13.2 Å². The first-order valence-corrected chi connectivity index (χ1v) is 15.9. The number of morpholine rings is 1. The van der Waals surface area contributed by atoms with Gasteiger partial charge in [0.15, 0.2) is 11.5 Å². The van der Waals surface area contributed by atoms with Crippen molar-refractivity contribution in [3.63, 3.8) is 0 Å². The van der Waals surface area contributed by atoms with Crippen LogP contribution < -0.4 is 19.7 Å². The first-order valence-electron chi connectivity index (χ1n) is 14.0. The molecule has 3 aromatic rings. The van der Waals surface area contributed by atoms with E-state index >= 15 is 0 Å². The summed E-state index contributed by atoms with van der Waals surface area (Å²) in [6.07, 6.45) is 1.58. The van der Waals surface area contributed by atoms with Crippen LogP contribution in [0, 0.1) is 13.7 Å². The van der Waals surface area contributed by atoms with E-state index in [1.54, 1.807) is 42.5 Å². The van der Waals surface area contributed by atoms with Crippen LogP contribution >= 0.6 is 34.4 Å². The molecule has 12 nitrogen and oxygen atoms in total. The van der Waals surface area contributed by atoms with Crippen molar-refractivity contribution in [3.8, 4) is 11.5 Å². The van der Waals surface area contributed by atoms with Crippen molar-refractivity contribution >= 4 is 74.5 Å². The second-order valence-electron chi connectivity index (χ2n) is 9.94. The van der Waals surface area contributed by atoms with Gasteiger partial charge in [-0.3, -0.25) is 29.4 Å². The summed E-state index contributed by atoms with van der Waals surface area (Å²) in [5.41, 5.74) is 2.94. The number of non-ortho nitro benzene ring substituents is 1. The van der Waals surface area contributed by atoms with Crippen molar-refractivity contribution in [1.82, 2.24) is 4.90 Å². The van der Waals surface area contributed by atoms with Crippen molar-refractivity contribution in [1.29, 1.82) is 0 Å². The number of hydrogen-bond donors (Lipinski definition) is 1. The molecule has 0 aromatic heterocycles. The lowest BCUT2D eigenvalue weighted by Gasteiger charge is -2.28. The van der Waals surface area contributed by atoms with E-state index in [9.17, 15) is 24.5 Å². The van der Waals surface area contributed by atoms with Crippen molar-refractivity contribution in [2.75, 3.05) is 49.7 Å². The number of hydrogen-bond acceptors (Lipinski definition) is 10. The SMILES string of the molecule is CCOc1cc(/C=C2/SC(=O)N(CC(=O)Nc3ccc(N4CCOCC4)cc3)C2=O)cc(I)c1OCc1ccc([N+](=O)[O-])cc1. The summed E-state index contributed by atoms with van der Waals surface area (Å²) in [7, 11) is 0.